The van der Waals surface area contributed by atoms with E-state index in [0.717, 1.165) is 4.57 Å². The predicted molar refractivity (Wildman–Crippen MR) is 188 cm³/mol. The summed E-state index contributed by atoms with van der Waals surface area (Å²) in [6, 6.07) is 5.69. The number of phenols is 2. The van der Waals surface area contributed by atoms with Crippen LogP contribution >= 0.6 is 0 Å². The van der Waals surface area contributed by atoms with Crippen molar-refractivity contribution in [3.8, 4) is 28.7 Å². The summed E-state index contributed by atoms with van der Waals surface area (Å²) in [6.45, 7) is 1.52. The van der Waals surface area contributed by atoms with E-state index in [1.807, 2.05) is 0 Å². The molecule has 14 heteroatoms. The summed E-state index contributed by atoms with van der Waals surface area (Å²) in [4.78, 5) is 64.3. The van der Waals surface area contributed by atoms with Gasteiger partial charge in [-0.25, -0.2) is 9.59 Å². The monoisotopic (exact) mass is 707 g/mol. The molecule has 0 spiro atoms. The Morgan fingerprint density at radius 3 is 2.27 bits per heavy atom. The molecule has 0 saturated carbocycles. The number of ketones is 1. The smallest absolute Gasteiger partial charge is 0.342 e. The Labute approximate surface area is 295 Å². The second kappa shape index (κ2) is 16.9. The van der Waals surface area contributed by atoms with Crippen LogP contribution in [0.25, 0.3) is 6.08 Å². The molecule has 3 aromatic rings. The summed E-state index contributed by atoms with van der Waals surface area (Å²) >= 11 is 0. The van der Waals surface area contributed by atoms with E-state index >= 15 is 0 Å². The van der Waals surface area contributed by atoms with Gasteiger partial charge in [-0.05, 0) is 61.9 Å². The van der Waals surface area contributed by atoms with E-state index in [1.54, 1.807) is 31.2 Å². The number of aromatic hydroxyl groups is 2. The number of ether oxygens (including phenoxy) is 4. The molecule has 0 fully saturated rings. The Balaban J connectivity index is 1.85. The van der Waals surface area contributed by atoms with Crippen LogP contribution in [0.5, 0.6) is 28.7 Å². The van der Waals surface area contributed by atoms with Crippen molar-refractivity contribution in [1.29, 1.82) is 0 Å². The number of fused-ring (bicyclic) bond motifs is 1. The Morgan fingerprint density at radius 2 is 1.63 bits per heavy atom. The maximum atomic E-state index is 13.7. The lowest BCUT2D eigenvalue weighted by atomic mass is 9.84. The lowest BCUT2D eigenvalue weighted by Gasteiger charge is -2.24. The number of esters is 1. The van der Waals surface area contributed by atoms with Crippen molar-refractivity contribution >= 4 is 23.7 Å². The van der Waals surface area contributed by atoms with Gasteiger partial charge in [0, 0.05) is 56.6 Å². The number of cyclic esters (lactones) is 1. The lowest BCUT2D eigenvalue weighted by Crippen LogP contribution is -2.39. The minimum atomic E-state index is -1.11. The predicted octanol–water partition coefficient (Wildman–Crippen LogP) is 3.84. The number of phenolic OH excluding ortho intramolecular Hbond substituents is 2. The largest absolute Gasteiger partial charge is 0.507 e. The number of nitrogens with one attached hydrogen (secondary N) is 1. The van der Waals surface area contributed by atoms with Gasteiger partial charge >= 0.3 is 11.7 Å². The molecule has 51 heavy (non-hydrogen) atoms. The molecule has 0 bridgehead atoms. The average molecular weight is 708 g/mol. The molecule has 3 N–H and O–H groups in total. The molecule has 1 aliphatic rings. The highest BCUT2D eigenvalue weighted by Gasteiger charge is 2.32. The first-order chi connectivity index (χ1) is 24.3. The Bertz CT molecular complexity index is 1920. The number of benzene rings is 2. The molecule has 2 heterocycles. The van der Waals surface area contributed by atoms with Gasteiger partial charge in [-0.15, -0.1) is 0 Å². The molecular weight excluding hydrogens is 662 g/mol. The number of rotatable bonds is 9. The van der Waals surface area contributed by atoms with Gasteiger partial charge in [0.2, 0.25) is 11.7 Å². The van der Waals surface area contributed by atoms with Gasteiger partial charge in [0.25, 0.3) is 5.56 Å². The van der Waals surface area contributed by atoms with Gasteiger partial charge in [0.1, 0.15) is 22.8 Å². The van der Waals surface area contributed by atoms with Crippen molar-refractivity contribution in [3.63, 3.8) is 0 Å². The molecule has 2 aromatic carbocycles. The van der Waals surface area contributed by atoms with Crippen LogP contribution in [-0.2, 0) is 35.0 Å². The van der Waals surface area contributed by atoms with Crippen molar-refractivity contribution in [3.05, 3.63) is 79.1 Å². The van der Waals surface area contributed by atoms with Crippen molar-refractivity contribution in [2.45, 2.75) is 70.4 Å². The Hall–Kier alpha value is -5.53. The summed E-state index contributed by atoms with van der Waals surface area (Å²) in [5, 5.41) is 26.2. The molecule has 1 aliphatic heterocycles. The Morgan fingerprint density at radius 1 is 0.961 bits per heavy atom. The number of allylic oxidation sites excluding steroid dienone is 1. The van der Waals surface area contributed by atoms with Crippen molar-refractivity contribution in [2.24, 2.45) is 14.1 Å². The van der Waals surface area contributed by atoms with E-state index in [4.69, 9.17) is 18.9 Å². The number of hydrogen-bond donors (Lipinski definition) is 3. The van der Waals surface area contributed by atoms with Gasteiger partial charge in [-0.3, -0.25) is 23.5 Å². The number of amides is 1. The normalized spacial score (nSPS) is 16.0. The first-order valence-electron chi connectivity index (χ1n) is 16.6. The van der Waals surface area contributed by atoms with Crippen LogP contribution < -0.4 is 30.8 Å². The van der Waals surface area contributed by atoms with Gasteiger partial charge in [0.15, 0.2) is 11.5 Å². The van der Waals surface area contributed by atoms with E-state index in [2.05, 4.69) is 5.32 Å². The molecule has 14 nitrogen and oxygen atoms in total. The average Bonchev–Trinajstić information content (AvgIpc) is 3.09. The van der Waals surface area contributed by atoms with Crippen LogP contribution in [-0.4, -0.2) is 64.4 Å². The summed E-state index contributed by atoms with van der Waals surface area (Å²) in [5.41, 5.74) is -0.642. The molecule has 0 aliphatic carbocycles. The third kappa shape index (κ3) is 8.80. The zero-order valence-electron chi connectivity index (χ0n) is 29.7. The molecular formula is C37H45N3O11. The van der Waals surface area contributed by atoms with Crippen LogP contribution in [0.1, 0.15) is 90.5 Å². The van der Waals surface area contributed by atoms with E-state index < -0.39 is 46.6 Å². The van der Waals surface area contributed by atoms with E-state index in [9.17, 15) is 34.2 Å². The van der Waals surface area contributed by atoms with Crippen molar-refractivity contribution in [1.82, 2.24) is 14.5 Å². The first-order valence-corrected chi connectivity index (χ1v) is 16.6. The minimum absolute atomic E-state index is 0.135. The van der Waals surface area contributed by atoms with Crippen LogP contribution in [0.2, 0.25) is 0 Å². The highest BCUT2D eigenvalue weighted by atomic mass is 16.5. The molecule has 1 amide bonds. The maximum Gasteiger partial charge on any atom is 0.342 e. The third-order valence-electron chi connectivity index (χ3n) is 8.97. The van der Waals surface area contributed by atoms with Crippen molar-refractivity contribution in [2.75, 3.05) is 21.3 Å². The summed E-state index contributed by atoms with van der Waals surface area (Å²) in [7, 11) is 7.08. The fourth-order valence-corrected chi connectivity index (χ4v) is 6.10. The second-order valence-corrected chi connectivity index (χ2v) is 12.4. The third-order valence-corrected chi connectivity index (χ3v) is 8.97. The van der Waals surface area contributed by atoms with Crippen LogP contribution in [0.4, 0.5) is 0 Å². The van der Waals surface area contributed by atoms with Gasteiger partial charge < -0.3 is 34.5 Å². The lowest BCUT2D eigenvalue weighted by molar-refractivity contribution is -0.121. The second-order valence-electron chi connectivity index (χ2n) is 12.4. The van der Waals surface area contributed by atoms with Gasteiger partial charge in [0.05, 0.1) is 34.0 Å². The molecule has 0 saturated heterocycles. The SMILES string of the molecule is COc1cc(C(CC(=O)NCc2cc(=O)n(C)c(=O)n2C)c2c(O)cc3c(c2O)C(=O)O[C@@H](C)CCCC(=O)CCCC=C3)cc(OC)c1OC. The van der Waals surface area contributed by atoms with E-state index in [1.165, 1.54) is 52.1 Å². The molecule has 1 unspecified atom stereocenters. The van der Waals surface area contributed by atoms with Crippen LogP contribution in [0, 0.1) is 0 Å². The topological polar surface area (TPSA) is 185 Å². The number of nitrogens with zero attached hydrogens (tertiary/aromatic N) is 2. The van der Waals surface area contributed by atoms with E-state index in [0.29, 0.717) is 44.1 Å². The summed E-state index contributed by atoms with van der Waals surface area (Å²) in [5.74, 6) is -2.65. The summed E-state index contributed by atoms with van der Waals surface area (Å²) < 4.78 is 24.5. The standard InChI is InChI=1S/C37H45N3O11/c1-21-11-10-14-25(41)13-9-7-8-12-22-15-27(42)33(34(45)32(22)36(46)51-21)26(23-16-28(48-4)35(50-6)29(17-23)49-5)19-30(43)38-20-24-18-31(44)40(3)37(47)39(24)2/h8,12,15-18,21,26,42,45H,7,9-11,13-14,19-20H2,1-6H3,(H,38,43)/t21-,26?/m0/s1. The fraction of sp³-hybridized carbons (Fsp3) is 0.432. The number of hydrogen-bond acceptors (Lipinski definition) is 11. The number of aromatic nitrogens is 2. The molecule has 274 valence electrons. The molecule has 0 radical (unpaired) electrons. The van der Waals surface area contributed by atoms with E-state index in [-0.39, 0.29) is 58.4 Å². The van der Waals surface area contributed by atoms with Crippen LogP contribution in [0.15, 0.2) is 39.9 Å². The Kier molecular flexibility index (Phi) is 12.7. The summed E-state index contributed by atoms with van der Waals surface area (Å²) in [6.07, 6.45) is 5.25. The molecule has 2 atom stereocenters. The fourth-order valence-electron chi connectivity index (χ4n) is 6.10. The maximum absolute atomic E-state index is 13.7. The quantitative estimate of drug-likeness (QED) is 0.275. The highest BCUT2D eigenvalue weighted by Crippen LogP contribution is 2.47. The molecule has 4 rings (SSSR count). The zero-order valence-corrected chi connectivity index (χ0v) is 29.7. The minimum Gasteiger partial charge on any atom is -0.507 e. The number of methoxy groups -OCH3 is 3. The first kappa shape index (κ1) is 38.3. The number of carbonyl (C=O) groups excluding carboxylic acids is 3. The van der Waals surface area contributed by atoms with Gasteiger partial charge in [-0.2, -0.15) is 0 Å². The van der Waals surface area contributed by atoms with Crippen molar-refractivity contribution < 1.29 is 43.5 Å². The van der Waals surface area contributed by atoms with Gasteiger partial charge in [-0.1, -0.05) is 12.2 Å². The number of Topliss-reactive ketones (excluding diaryl/α,β-unsaturated/α-hetero) is 1. The molecule has 1 aromatic heterocycles. The van der Waals surface area contributed by atoms with Crippen LogP contribution in [0.3, 0.4) is 0 Å². The highest BCUT2D eigenvalue weighted by molar-refractivity contribution is 5.98. The number of carbonyl (C=O) groups is 3. The zero-order chi connectivity index (χ0) is 37.4.